The van der Waals surface area contributed by atoms with Gasteiger partial charge in [-0.3, -0.25) is 0 Å². The maximum Gasteiger partial charge on any atom is 0.230 e. The molecule has 0 aliphatic rings. The maximum absolute atomic E-state index is 6.13. The third kappa shape index (κ3) is 2.61. The molecular formula is C20H17N3O3. The number of fused-ring (bicyclic) bond motifs is 2. The minimum atomic E-state index is 0.436. The Bertz CT molecular complexity index is 1110. The number of rotatable bonds is 4. The number of hydrogen-bond donors (Lipinski definition) is 1. The number of anilines is 1. The molecule has 1 aromatic heterocycles. The molecule has 0 bridgehead atoms. The molecule has 0 saturated carbocycles. The van der Waals surface area contributed by atoms with E-state index in [1.807, 2.05) is 42.5 Å². The number of hydrogen-bond acceptors (Lipinski definition) is 6. The van der Waals surface area contributed by atoms with Gasteiger partial charge in [-0.2, -0.15) is 0 Å². The van der Waals surface area contributed by atoms with Gasteiger partial charge in [0.05, 0.1) is 25.1 Å². The second-order valence-electron chi connectivity index (χ2n) is 5.70. The van der Waals surface area contributed by atoms with Gasteiger partial charge in [-0.05, 0) is 18.2 Å². The van der Waals surface area contributed by atoms with Crippen LogP contribution in [0.1, 0.15) is 0 Å². The van der Waals surface area contributed by atoms with Gasteiger partial charge in [0.1, 0.15) is 12.1 Å². The largest absolute Gasteiger partial charge is 0.493 e. The van der Waals surface area contributed by atoms with Crippen LogP contribution >= 0.6 is 0 Å². The lowest BCUT2D eigenvalue weighted by atomic mass is 10.1. The van der Waals surface area contributed by atoms with Crippen LogP contribution < -0.4 is 19.9 Å². The van der Waals surface area contributed by atoms with Crippen molar-refractivity contribution in [3.8, 4) is 23.1 Å². The molecule has 0 aliphatic heterocycles. The minimum Gasteiger partial charge on any atom is -0.493 e. The van der Waals surface area contributed by atoms with E-state index in [4.69, 9.17) is 19.9 Å². The van der Waals surface area contributed by atoms with Crippen LogP contribution in [0.2, 0.25) is 0 Å². The van der Waals surface area contributed by atoms with E-state index < -0.39 is 0 Å². The Balaban J connectivity index is 1.87. The van der Waals surface area contributed by atoms with Gasteiger partial charge in [0.25, 0.3) is 0 Å². The molecule has 6 nitrogen and oxygen atoms in total. The molecule has 4 aromatic rings. The van der Waals surface area contributed by atoms with E-state index in [1.54, 1.807) is 20.3 Å². The van der Waals surface area contributed by atoms with E-state index in [0.29, 0.717) is 34.3 Å². The van der Waals surface area contributed by atoms with Gasteiger partial charge in [-0.25, -0.2) is 9.97 Å². The summed E-state index contributed by atoms with van der Waals surface area (Å²) in [6.07, 6.45) is 1.46. The van der Waals surface area contributed by atoms with Crippen molar-refractivity contribution in [3.63, 3.8) is 0 Å². The smallest absolute Gasteiger partial charge is 0.230 e. The quantitative estimate of drug-likeness (QED) is 0.558. The summed E-state index contributed by atoms with van der Waals surface area (Å²) in [5.41, 5.74) is 7.47. The van der Waals surface area contributed by atoms with Gasteiger partial charge >= 0.3 is 0 Å². The summed E-state index contributed by atoms with van der Waals surface area (Å²) in [5, 5.41) is 2.58. The Hall–Kier alpha value is -3.54. The van der Waals surface area contributed by atoms with Crippen molar-refractivity contribution in [2.45, 2.75) is 0 Å². The zero-order valence-electron chi connectivity index (χ0n) is 14.4. The minimum absolute atomic E-state index is 0.436. The average molecular weight is 347 g/mol. The molecular weight excluding hydrogens is 330 g/mol. The van der Waals surface area contributed by atoms with Crippen molar-refractivity contribution in [3.05, 3.63) is 54.9 Å². The molecule has 0 fully saturated rings. The summed E-state index contributed by atoms with van der Waals surface area (Å²) >= 11 is 0. The van der Waals surface area contributed by atoms with Gasteiger partial charge in [-0.15, -0.1) is 0 Å². The molecule has 26 heavy (non-hydrogen) atoms. The summed E-state index contributed by atoms with van der Waals surface area (Å²) in [5.74, 6) is 2.29. The van der Waals surface area contributed by atoms with Gasteiger partial charge in [0, 0.05) is 22.5 Å². The van der Waals surface area contributed by atoms with Crippen LogP contribution in [0.15, 0.2) is 54.9 Å². The van der Waals surface area contributed by atoms with Crippen LogP contribution in [0.5, 0.6) is 23.1 Å². The fraction of sp³-hybridized carbons (Fsp3) is 0.100. The standard InChI is InChI=1S/C20H17N3O3/c1-24-18-9-14-16(10-19(18)25-2)22-11-23-20(14)26-17-8-4-5-12-13(17)6-3-7-15(12)21/h3-11H,21H2,1-2H3. The van der Waals surface area contributed by atoms with Gasteiger partial charge in [0.2, 0.25) is 5.88 Å². The topological polar surface area (TPSA) is 79.5 Å². The summed E-state index contributed by atoms with van der Waals surface area (Å²) < 4.78 is 16.8. The molecule has 1 heterocycles. The van der Waals surface area contributed by atoms with Crippen LogP contribution in [-0.2, 0) is 0 Å². The number of nitrogen functional groups attached to an aromatic ring is 1. The highest BCUT2D eigenvalue weighted by Crippen LogP contribution is 2.37. The SMILES string of the molecule is COc1cc2ncnc(Oc3cccc4c(N)cccc34)c2cc1OC. The Morgan fingerprint density at radius 1 is 0.769 bits per heavy atom. The number of nitrogens with zero attached hydrogens (tertiary/aromatic N) is 2. The number of nitrogens with two attached hydrogens (primary N) is 1. The van der Waals surface area contributed by atoms with Crippen LogP contribution in [0.3, 0.4) is 0 Å². The Labute approximate surface area is 150 Å². The molecule has 0 unspecified atom stereocenters. The lowest BCUT2D eigenvalue weighted by Gasteiger charge is -2.13. The van der Waals surface area contributed by atoms with Crippen LogP contribution in [0.4, 0.5) is 5.69 Å². The zero-order valence-corrected chi connectivity index (χ0v) is 14.4. The first-order chi connectivity index (χ1) is 12.7. The zero-order chi connectivity index (χ0) is 18.1. The predicted octanol–water partition coefficient (Wildman–Crippen LogP) is 4.17. The fourth-order valence-corrected chi connectivity index (χ4v) is 2.94. The third-order valence-electron chi connectivity index (χ3n) is 4.23. The number of aromatic nitrogens is 2. The summed E-state index contributed by atoms with van der Waals surface area (Å²) in [6, 6.07) is 15.1. The number of benzene rings is 3. The second-order valence-corrected chi connectivity index (χ2v) is 5.70. The molecule has 6 heteroatoms. The highest BCUT2D eigenvalue weighted by atomic mass is 16.5. The Kier molecular flexibility index (Phi) is 3.93. The van der Waals surface area contributed by atoms with E-state index in [1.165, 1.54) is 6.33 Å². The first-order valence-electron chi connectivity index (χ1n) is 8.03. The lowest BCUT2D eigenvalue weighted by Crippen LogP contribution is -1.96. The maximum atomic E-state index is 6.13. The van der Waals surface area contributed by atoms with Crippen molar-refractivity contribution in [1.82, 2.24) is 9.97 Å². The molecule has 0 aliphatic carbocycles. The van der Waals surface area contributed by atoms with E-state index in [9.17, 15) is 0 Å². The van der Waals surface area contributed by atoms with Crippen molar-refractivity contribution in [1.29, 1.82) is 0 Å². The van der Waals surface area contributed by atoms with Crippen molar-refractivity contribution in [2.75, 3.05) is 20.0 Å². The van der Waals surface area contributed by atoms with Gasteiger partial charge < -0.3 is 19.9 Å². The van der Waals surface area contributed by atoms with E-state index in [2.05, 4.69) is 9.97 Å². The van der Waals surface area contributed by atoms with E-state index in [0.717, 1.165) is 16.2 Å². The van der Waals surface area contributed by atoms with Crippen molar-refractivity contribution in [2.24, 2.45) is 0 Å². The highest BCUT2D eigenvalue weighted by molar-refractivity contribution is 5.97. The van der Waals surface area contributed by atoms with Crippen LogP contribution in [0.25, 0.3) is 21.7 Å². The molecule has 0 saturated heterocycles. The van der Waals surface area contributed by atoms with Crippen molar-refractivity contribution >= 4 is 27.4 Å². The Morgan fingerprint density at radius 3 is 2.31 bits per heavy atom. The van der Waals surface area contributed by atoms with Gasteiger partial charge in [0.15, 0.2) is 11.5 Å². The summed E-state index contributed by atoms with van der Waals surface area (Å²) in [6.45, 7) is 0. The molecule has 0 spiro atoms. The molecule has 4 rings (SSSR count). The number of ether oxygens (including phenoxy) is 3. The second kappa shape index (κ2) is 6.40. The first kappa shape index (κ1) is 16.0. The van der Waals surface area contributed by atoms with E-state index in [-0.39, 0.29) is 0 Å². The first-order valence-corrected chi connectivity index (χ1v) is 8.03. The Morgan fingerprint density at radius 2 is 1.50 bits per heavy atom. The lowest BCUT2D eigenvalue weighted by molar-refractivity contribution is 0.355. The molecule has 0 amide bonds. The molecule has 130 valence electrons. The molecule has 3 aromatic carbocycles. The monoisotopic (exact) mass is 347 g/mol. The molecule has 2 N–H and O–H groups in total. The van der Waals surface area contributed by atoms with Gasteiger partial charge in [-0.1, -0.05) is 24.3 Å². The van der Waals surface area contributed by atoms with Crippen LogP contribution in [-0.4, -0.2) is 24.2 Å². The average Bonchev–Trinajstić information content (AvgIpc) is 2.68. The molecule has 0 radical (unpaired) electrons. The van der Waals surface area contributed by atoms with E-state index >= 15 is 0 Å². The third-order valence-corrected chi connectivity index (χ3v) is 4.23. The normalized spacial score (nSPS) is 10.8. The summed E-state index contributed by atoms with van der Waals surface area (Å²) in [7, 11) is 3.17. The highest BCUT2D eigenvalue weighted by Gasteiger charge is 2.13. The summed E-state index contributed by atoms with van der Waals surface area (Å²) in [4.78, 5) is 8.60. The number of methoxy groups -OCH3 is 2. The predicted molar refractivity (Wildman–Crippen MR) is 101 cm³/mol. The molecule has 0 atom stereocenters. The van der Waals surface area contributed by atoms with Crippen LogP contribution in [0, 0.1) is 0 Å². The van der Waals surface area contributed by atoms with Crippen molar-refractivity contribution < 1.29 is 14.2 Å². The fourth-order valence-electron chi connectivity index (χ4n) is 2.94.